The second-order valence-corrected chi connectivity index (χ2v) is 17.5. The molecular formula is C37H62O7. The van der Waals surface area contributed by atoms with Crippen LogP contribution in [0.5, 0.6) is 0 Å². The van der Waals surface area contributed by atoms with Gasteiger partial charge in [-0.05, 0) is 118 Å². The summed E-state index contributed by atoms with van der Waals surface area (Å²) in [6, 6.07) is 0. The van der Waals surface area contributed by atoms with Crippen molar-refractivity contribution >= 4 is 0 Å². The third-order valence-corrected chi connectivity index (χ3v) is 15.5. The summed E-state index contributed by atoms with van der Waals surface area (Å²) in [7, 11) is 3.24. The van der Waals surface area contributed by atoms with Crippen molar-refractivity contribution in [1.82, 2.24) is 0 Å². The van der Waals surface area contributed by atoms with E-state index < -0.39 is 17.8 Å². The molecule has 252 valence electrons. The molecule has 1 heterocycles. The van der Waals surface area contributed by atoms with Crippen molar-refractivity contribution < 1.29 is 34.3 Å². The number of aliphatic hydroxyl groups is 3. The SMILES string of the molecule is CO[C@H]1O[C@@H](C(O)C(C)(CO)OC)C[C@H]1[C@@H]1CC[C@]23C[C@]12CC[C@@H]1[C@@]2(C)CC[C@@H](OCC=C(C)C)C(C)(C)[C@@H]2C[C@@H](O)[C@]13C. The fourth-order valence-corrected chi connectivity index (χ4v) is 13.0. The van der Waals surface area contributed by atoms with Crippen LogP contribution in [0, 0.1) is 50.7 Å². The van der Waals surface area contributed by atoms with E-state index in [0.717, 1.165) is 25.7 Å². The molecular weight excluding hydrogens is 556 g/mol. The Labute approximate surface area is 266 Å². The minimum Gasteiger partial charge on any atom is -0.393 e. The van der Waals surface area contributed by atoms with Crippen molar-refractivity contribution in [3.63, 3.8) is 0 Å². The molecule has 1 saturated heterocycles. The van der Waals surface area contributed by atoms with Crippen molar-refractivity contribution in [2.24, 2.45) is 50.7 Å². The van der Waals surface area contributed by atoms with Crippen molar-refractivity contribution in [3.05, 3.63) is 11.6 Å². The van der Waals surface area contributed by atoms with Crippen molar-refractivity contribution in [2.45, 2.75) is 143 Å². The molecule has 1 aliphatic heterocycles. The highest BCUT2D eigenvalue weighted by atomic mass is 16.7. The summed E-state index contributed by atoms with van der Waals surface area (Å²) in [6.07, 6.45) is 9.99. The van der Waals surface area contributed by atoms with Crippen LogP contribution in [0.25, 0.3) is 0 Å². The number of aliphatic hydroxyl groups excluding tert-OH is 3. The molecule has 6 fully saturated rings. The summed E-state index contributed by atoms with van der Waals surface area (Å²) in [5.74, 6) is 1.55. The zero-order valence-corrected chi connectivity index (χ0v) is 29.0. The predicted octanol–water partition coefficient (Wildman–Crippen LogP) is 5.88. The van der Waals surface area contributed by atoms with Crippen LogP contribution < -0.4 is 0 Å². The first kappa shape index (κ1) is 33.4. The van der Waals surface area contributed by atoms with Crippen LogP contribution in [0.15, 0.2) is 11.6 Å². The Morgan fingerprint density at radius 1 is 1.02 bits per heavy atom. The highest BCUT2D eigenvalue weighted by Gasteiger charge is 2.85. The normalized spacial score (nSPS) is 50.9. The van der Waals surface area contributed by atoms with Gasteiger partial charge in [-0.25, -0.2) is 0 Å². The van der Waals surface area contributed by atoms with E-state index in [2.05, 4.69) is 47.6 Å². The van der Waals surface area contributed by atoms with E-state index in [1.54, 1.807) is 14.0 Å². The van der Waals surface area contributed by atoms with Gasteiger partial charge in [0.05, 0.1) is 31.5 Å². The molecule has 0 aromatic carbocycles. The van der Waals surface area contributed by atoms with Gasteiger partial charge in [-0.1, -0.05) is 39.3 Å². The number of allylic oxidation sites excluding steroid dienone is 1. The van der Waals surface area contributed by atoms with Crippen molar-refractivity contribution in [1.29, 1.82) is 0 Å². The van der Waals surface area contributed by atoms with E-state index in [-0.39, 0.29) is 58.1 Å². The Kier molecular flexibility index (Phi) is 8.34. The lowest BCUT2D eigenvalue weighted by molar-refractivity contribution is -0.247. The Morgan fingerprint density at radius 3 is 2.39 bits per heavy atom. The fraction of sp³-hybridized carbons (Fsp3) is 0.946. The number of ether oxygens (including phenoxy) is 4. The minimum atomic E-state index is -1.08. The third kappa shape index (κ3) is 4.31. The van der Waals surface area contributed by atoms with Crippen LogP contribution in [0.1, 0.15) is 106 Å². The molecule has 3 N–H and O–H groups in total. The van der Waals surface area contributed by atoms with Crippen LogP contribution in [-0.2, 0) is 18.9 Å². The van der Waals surface area contributed by atoms with Crippen LogP contribution >= 0.6 is 0 Å². The monoisotopic (exact) mass is 618 g/mol. The first-order valence-corrected chi connectivity index (χ1v) is 17.6. The van der Waals surface area contributed by atoms with Gasteiger partial charge in [0.15, 0.2) is 6.29 Å². The minimum absolute atomic E-state index is 0.00670. The van der Waals surface area contributed by atoms with Crippen LogP contribution in [0.4, 0.5) is 0 Å². The topological polar surface area (TPSA) is 97.6 Å². The molecule has 44 heavy (non-hydrogen) atoms. The zero-order valence-electron chi connectivity index (χ0n) is 29.0. The number of hydrogen-bond acceptors (Lipinski definition) is 7. The maximum absolute atomic E-state index is 12.4. The van der Waals surface area contributed by atoms with Crippen molar-refractivity contribution in [2.75, 3.05) is 27.4 Å². The molecule has 6 aliphatic rings. The maximum atomic E-state index is 12.4. The second-order valence-electron chi connectivity index (χ2n) is 17.5. The Hall–Kier alpha value is -0.540. The third-order valence-electron chi connectivity index (χ3n) is 15.5. The van der Waals surface area contributed by atoms with E-state index in [1.165, 1.54) is 38.4 Å². The van der Waals surface area contributed by atoms with Gasteiger partial charge in [0.1, 0.15) is 11.7 Å². The van der Waals surface area contributed by atoms with Gasteiger partial charge in [-0.3, -0.25) is 0 Å². The van der Waals surface area contributed by atoms with E-state index in [1.807, 2.05) is 0 Å². The molecule has 0 spiro atoms. The van der Waals surface area contributed by atoms with Gasteiger partial charge in [-0.15, -0.1) is 0 Å². The fourth-order valence-electron chi connectivity index (χ4n) is 13.0. The Bertz CT molecular complexity index is 1110. The zero-order chi connectivity index (χ0) is 32.1. The first-order valence-electron chi connectivity index (χ1n) is 17.6. The highest BCUT2D eigenvalue weighted by molar-refractivity contribution is 5.33. The summed E-state index contributed by atoms with van der Waals surface area (Å²) < 4.78 is 24.4. The van der Waals surface area contributed by atoms with Gasteiger partial charge >= 0.3 is 0 Å². The number of fused-ring (bicyclic) bond motifs is 3. The Balaban J connectivity index is 1.25. The number of hydrogen-bond donors (Lipinski definition) is 3. The quantitative estimate of drug-likeness (QED) is 0.278. The predicted molar refractivity (Wildman–Crippen MR) is 170 cm³/mol. The summed E-state index contributed by atoms with van der Waals surface area (Å²) in [5, 5.41) is 33.6. The molecule has 0 bridgehead atoms. The summed E-state index contributed by atoms with van der Waals surface area (Å²) >= 11 is 0. The molecule has 0 aromatic rings. The van der Waals surface area contributed by atoms with E-state index >= 15 is 0 Å². The standard InChI is InChI=1S/C37H62O7/c1-22(2)13-17-43-29-12-14-33(5)26-11-15-36-20-37(36,35(26,7)28(39)19-27(33)32(29,3)4)16-10-24(36)23-18-25(44-31(23)41-8)30(40)34(6,21-38)42-9/h13,23-31,38-40H,10-12,14-21H2,1-9H3/t23-,24-,25+,26+,27-,28+,29+,30?,31-,33+,34?,35-,36+,37+/m0/s1. The van der Waals surface area contributed by atoms with Gasteiger partial charge in [0.2, 0.25) is 0 Å². The average Bonchev–Trinajstić information content (AvgIpc) is 3.30. The number of methoxy groups -OCH3 is 2. The molecule has 5 saturated carbocycles. The summed E-state index contributed by atoms with van der Waals surface area (Å²) in [5.41, 5.74) is 0.657. The van der Waals surface area contributed by atoms with Gasteiger partial charge in [0, 0.05) is 25.6 Å². The van der Waals surface area contributed by atoms with E-state index in [4.69, 9.17) is 18.9 Å². The van der Waals surface area contributed by atoms with Gasteiger partial charge < -0.3 is 34.3 Å². The molecule has 7 nitrogen and oxygen atoms in total. The molecule has 14 atom stereocenters. The van der Waals surface area contributed by atoms with E-state index in [0.29, 0.717) is 30.8 Å². The number of rotatable bonds is 9. The lowest BCUT2D eigenvalue weighted by atomic mass is 9.37. The molecule has 5 aliphatic carbocycles. The smallest absolute Gasteiger partial charge is 0.160 e. The summed E-state index contributed by atoms with van der Waals surface area (Å²) in [4.78, 5) is 0. The Morgan fingerprint density at radius 2 is 1.75 bits per heavy atom. The van der Waals surface area contributed by atoms with Gasteiger partial charge in [0.25, 0.3) is 0 Å². The lowest BCUT2D eigenvalue weighted by Gasteiger charge is -2.68. The van der Waals surface area contributed by atoms with Crippen LogP contribution in [0.3, 0.4) is 0 Å². The molecule has 0 aromatic heterocycles. The van der Waals surface area contributed by atoms with Crippen LogP contribution in [-0.4, -0.2) is 79.1 Å². The molecule has 2 unspecified atom stereocenters. The van der Waals surface area contributed by atoms with Crippen LogP contribution in [0.2, 0.25) is 0 Å². The molecule has 0 amide bonds. The molecule has 6 rings (SSSR count). The maximum Gasteiger partial charge on any atom is 0.160 e. The second kappa shape index (κ2) is 11.0. The highest BCUT2D eigenvalue weighted by Crippen LogP contribution is 2.91. The summed E-state index contributed by atoms with van der Waals surface area (Å²) in [6.45, 7) is 16.3. The van der Waals surface area contributed by atoms with Gasteiger partial charge in [-0.2, -0.15) is 0 Å². The molecule has 0 radical (unpaired) electrons. The first-order chi connectivity index (χ1) is 20.6. The lowest BCUT2D eigenvalue weighted by Crippen LogP contribution is -2.66. The molecule has 7 heteroatoms. The van der Waals surface area contributed by atoms with E-state index in [9.17, 15) is 15.3 Å². The van der Waals surface area contributed by atoms with Crippen molar-refractivity contribution in [3.8, 4) is 0 Å². The largest absolute Gasteiger partial charge is 0.393 e. The average molecular weight is 619 g/mol.